The van der Waals surface area contributed by atoms with E-state index < -0.39 is 0 Å². The Morgan fingerprint density at radius 1 is 1.26 bits per heavy atom. The van der Waals surface area contributed by atoms with E-state index in [2.05, 4.69) is 35.6 Å². The summed E-state index contributed by atoms with van der Waals surface area (Å²) in [6.45, 7) is 10.5. The molecule has 0 radical (unpaired) electrons. The van der Waals surface area contributed by atoms with Gasteiger partial charge in [-0.2, -0.15) is 0 Å². The SMILES string of the molecule is COc1c(C(C)n2ccc(=O)c3c(N)ncnc32)cc(Cl)c(C)c1C1CN(C(C)C)C1. The Morgan fingerprint density at radius 3 is 2.61 bits per heavy atom. The van der Waals surface area contributed by atoms with Crippen LogP contribution in [0.2, 0.25) is 5.02 Å². The first-order chi connectivity index (χ1) is 14.7. The van der Waals surface area contributed by atoms with Crippen molar-refractivity contribution in [2.45, 2.75) is 45.7 Å². The Morgan fingerprint density at radius 2 is 1.97 bits per heavy atom. The average Bonchev–Trinajstić information content (AvgIpc) is 2.69. The molecule has 31 heavy (non-hydrogen) atoms. The number of nitrogens with two attached hydrogens (primary N) is 1. The Kier molecular flexibility index (Phi) is 5.66. The number of aromatic nitrogens is 3. The van der Waals surface area contributed by atoms with E-state index in [1.54, 1.807) is 13.3 Å². The highest BCUT2D eigenvalue weighted by Gasteiger charge is 2.35. The van der Waals surface area contributed by atoms with Gasteiger partial charge in [-0.25, -0.2) is 9.97 Å². The van der Waals surface area contributed by atoms with Crippen molar-refractivity contribution in [3.05, 3.63) is 56.6 Å². The number of anilines is 1. The van der Waals surface area contributed by atoms with Gasteiger partial charge in [-0.3, -0.25) is 9.69 Å². The molecule has 4 rings (SSSR count). The van der Waals surface area contributed by atoms with E-state index in [1.807, 2.05) is 17.6 Å². The number of ether oxygens (including phenoxy) is 1. The minimum Gasteiger partial charge on any atom is -0.496 e. The van der Waals surface area contributed by atoms with Crippen molar-refractivity contribution in [3.63, 3.8) is 0 Å². The van der Waals surface area contributed by atoms with Crippen molar-refractivity contribution in [1.29, 1.82) is 0 Å². The van der Waals surface area contributed by atoms with E-state index in [9.17, 15) is 4.79 Å². The topological polar surface area (TPSA) is 86.3 Å². The number of fused-ring (bicyclic) bond motifs is 1. The maximum Gasteiger partial charge on any atom is 0.194 e. The second-order valence-corrected chi connectivity index (χ2v) is 8.89. The first kappa shape index (κ1) is 21.6. The van der Waals surface area contributed by atoms with Gasteiger partial charge in [0, 0.05) is 53.5 Å². The summed E-state index contributed by atoms with van der Waals surface area (Å²) in [4.78, 5) is 23.1. The van der Waals surface area contributed by atoms with E-state index in [0.717, 1.165) is 35.5 Å². The summed E-state index contributed by atoms with van der Waals surface area (Å²) in [5, 5.41) is 1.03. The summed E-state index contributed by atoms with van der Waals surface area (Å²) >= 11 is 6.70. The van der Waals surface area contributed by atoms with Gasteiger partial charge in [-0.05, 0) is 39.3 Å². The van der Waals surface area contributed by atoms with E-state index in [0.29, 0.717) is 28.0 Å². The quantitative estimate of drug-likeness (QED) is 0.648. The summed E-state index contributed by atoms with van der Waals surface area (Å²) in [6, 6.07) is 3.77. The first-order valence-corrected chi connectivity index (χ1v) is 10.8. The van der Waals surface area contributed by atoms with E-state index in [-0.39, 0.29) is 17.3 Å². The fourth-order valence-corrected chi connectivity index (χ4v) is 4.72. The first-order valence-electron chi connectivity index (χ1n) is 10.5. The predicted molar refractivity (Wildman–Crippen MR) is 124 cm³/mol. The second-order valence-electron chi connectivity index (χ2n) is 8.48. The van der Waals surface area contributed by atoms with Gasteiger partial charge in [0.1, 0.15) is 28.9 Å². The van der Waals surface area contributed by atoms with Crippen LogP contribution >= 0.6 is 11.6 Å². The van der Waals surface area contributed by atoms with Crippen LogP contribution in [0.3, 0.4) is 0 Å². The zero-order chi connectivity index (χ0) is 22.4. The summed E-state index contributed by atoms with van der Waals surface area (Å²) in [7, 11) is 1.70. The molecular weight excluding hydrogens is 414 g/mol. The second kappa shape index (κ2) is 8.13. The number of nitrogens with zero attached hydrogens (tertiary/aromatic N) is 4. The number of methoxy groups -OCH3 is 1. The lowest BCUT2D eigenvalue weighted by molar-refractivity contribution is 0.108. The number of nitrogen functional groups attached to an aromatic ring is 1. The Labute approximate surface area is 186 Å². The molecule has 0 amide bonds. The molecule has 0 bridgehead atoms. The van der Waals surface area contributed by atoms with Crippen LogP contribution < -0.4 is 15.9 Å². The standard InChI is InChI=1S/C23H28ClN5O2/c1-12(2)28-9-15(10-28)19-13(3)17(24)8-16(21(19)31-5)14(4)29-7-6-18(30)20-22(25)26-11-27-23(20)29/h6-8,11-12,14-15H,9-10H2,1-5H3,(H2,25,26,27). The molecule has 8 heteroatoms. The highest BCUT2D eigenvalue weighted by molar-refractivity contribution is 6.31. The Bertz CT molecular complexity index is 1200. The molecule has 0 aliphatic carbocycles. The molecule has 1 unspecified atom stereocenters. The van der Waals surface area contributed by atoms with Gasteiger partial charge in [0.2, 0.25) is 0 Å². The molecule has 1 aliphatic heterocycles. The molecule has 1 fully saturated rings. The van der Waals surface area contributed by atoms with Crippen LogP contribution in [-0.2, 0) is 0 Å². The molecule has 3 aromatic rings. The number of likely N-dealkylation sites (tertiary alicyclic amines) is 1. The third-order valence-corrected chi connectivity index (χ3v) is 6.80. The largest absolute Gasteiger partial charge is 0.496 e. The smallest absolute Gasteiger partial charge is 0.194 e. The molecule has 2 aromatic heterocycles. The zero-order valence-corrected chi connectivity index (χ0v) is 19.3. The van der Waals surface area contributed by atoms with Gasteiger partial charge in [0.05, 0.1) is 13.2 Å². The van der Waals surface area contributed by atoms with Gasteiger partial charge >= 0.3 is 0 Å². The van der Waals surface area contributed by atoms with Gasteiger partial charge < -0.3 is 15.0 Å². The number of rotatable bonds is 5. The third-order valence-electron chi connectivity index (χ3n) is 6.41. The van der Waals surface area contributed by atoms with Crippen LogP contribution in [0, 0.1) is 6.92 Å². The van der Waals surface area contributed by atoms with Crippen molar-refractivity contribution < 1.29 is 4.74 Å². The fourth-order valence-electron chi connectivity index (χ4n) is 4.50. The number of hydrogen-bond donors (Lipinski definition) is 1. The lowest BCUT2D eigenvalue weighted by Gasteiger charge is -2.43. The molecule has 1 aromatic carbocycles. The van der Waals surface area contributed by atoms with E-state index >= 15 is 0 Å². The average molecular weight is 442 g/mol. The third kappa shape index (κ3) is 3.55. The molecule has 1 saturated heterocycles. The van der Waals surface area contributed by atoms with Crippen LogP contribution in [-0.4, -0.2) is 45.7 Å². The normalized spacial score (nSPS) is 16.0. The minimum atomic E-state index is -0.200. The summed E-state index contributed by atoms with van der Waals surface area (Å²) in [5.74, 6) is 1.39. The summed E-state index contributed by atoms with van der Waals surface area (Å²) < 4.78 is 7.88. The summed E-state index contributed by atoms with van der Waals surface area (Å²) in [5.41, 5.74) is 9.42. The molecule has 7 nitrogen and oxygen atoms in total. The number of halogens is 1. The van der Waals surface area contributed by atoms with E-state index in [4.69, 9.17) is 22.1 Å². The fraction of sp³-hybridized carbons (Fsp3) is 0.435. The van der Waals surface area contributed by atoms with Crippen LogP contribution in [0.4, 0.5) is 5.82 Å². The van der Waals surface area contributed by atoms with Gasteiger partial charge in [0.15, 0.2) is 5.43 Å². The van der Waals surface area contributed by atoms with Crippen LogP contribution in [0.1, 0.15) is 49.4 Å². The monoisotopic (exact) mass is 441 g/mol. The van der Waals surface area contributed by atoms with Gasteiger partial charge in [0.25, 0.3) is 0 Å². The molecule has 164 valence electrons. The molecule has 0 saturated carbocycles. The zero-order valence-electron chi connectivity index (χ0n) is 18.5. The van der Waals surface area contributed by atoms with Crippen LogP contribution in [0.5, 0.6) is 5.75 Å². The van der Waals surface area contributed by atoms with Crippen molar-refractivity contribution in [1.82, 2.24) is 19.4 Å². The Balaban J connectivity index is 1.86. The molecule has 3 heterocycles. The molecule has 1 atom stereocenters. The van der Waals surface area contributed by atoms with E-state index in [1.165, 1.54) is 12.4 Å². The lowest BCUT2D eigenvalue weighted by Crippen LogP contribution is -2.48. The maximum absolute atomic E-state index is 12.4. The number of benzene rings is 1. The van der Waals surface area contributed by atoms with Crippen LogP contribution in [0.15, 0.2) is 29.5 Å². The maximum atomic E-state index is 12.4. The van der Waals surface area contributed by atoms with Gasteiger partial charge in [-0.1, -0.05) is 11.6 Å². The van der Waals surface area contributed by atoms with Gasteiger partial charge in [-0.15, -0.1) is 0 Å². The highest BCUT2D eigenvalue weighted by atomic mass is 35.5. The molecule has 1 aliphatic rings. The minimum absolute atomic E-state index is 0.175. The predicted octanol–water partition coefficient (Wildman–Crippen LogP) is 3.76. The molecule has 2 N–H and O–H groups in total. The highest BCUT2D eigenvalue weighted by Crippen LogP contribution is 2.44. The lowest BCUT2D eigenvalue weighted by atomic mass is 9.84. The van der Waals surface area contributed by atoms with Crippen molar-refractivity contribution in [3.8, 4) is 5.75 Å². The number of hydrogen-bond acceptors (Lipinski definition) is 6. The van der Waals surface area contributed by atoms with Crippen molar-refractivity contribution >= 4 is 28.5 Å². The Hall–Kier alpha value is -2.64. The van der Waals surface area contributed by atoms with Crippen LogP contribution in [0.25, 0.3) is 11.0 Å². The van der Waals surface area contributed by atoms with Crippen molar-refractivity contribution in [2.75, 3.05) is 25.9 Å². The van der Waals surface area contributed by atoms with Crippen molar-refractivity contribution in [2.24, 2.45) is 0 Å². The summed E-state index contributed by atoms with van der Waals surface area (Å²) in [6.07, 6.45) is 3.11. The molecule has 0 spiro atoms. The number of pyridine rings is 1. The molecular formula is C23H28ClN5O2.